The topological polar surface area (TPSA) is 90.2 Å². The summed E-state index contributed by atoms with van der Waals surface area (Å²) in [7, 11) is 0. The van der Waals surface area contributed by atoms with Crippen molar-refractivity contribution < 1.29 is 19.8 Å². The van der Waals surface area contributed by atoms with Gasteiger partial charge < -0.3 is 10.2 Å². The molecule has 1 fully saturated rings. The third-order valence-corrected chi connectivity index (χ3v) is 6.75. The molecule has 1 aliphatic heterocycles. The first-order valence-corrected chi connectivity index (χ1v) is 10.2. The van der Waals surface area contributed by atoms with E-state index in [1.54, 1.807) is 6.07 Å². The second-order valence-electron chi connectivity index (χ2n) is 8.25. The number of carbonyl (C=O) groups excluding carboxylic acids is 2. The molecule has 2 atom stereocenters. The van der Waals surface area contributed by atoms with Crippen LogP contribution in [0.2, 0.25) is 0 Å². The molecule has 0 aromatic heterocycles. The lowest BCUT2D eigenvalue weighted by Crippen LogP contribution is -2.41. The molecule has 3 aliphatic carbocycles. The van der Waals surface area contributed by atoms with Crippen LogP contribution in [-0.4, -0.2) is 33.3 Å². The number of benzene rings is 3. The quantitative estimate of drug-likeness (QED) is 0.385. The first-order valence-electron chi connectivity index (χ1n) is 10.2. The van der Waals surface area contributed by atoms with Gasteiger partial charge >= 0.3 is 0 Å². The summed E-state index contributed by atoms with van der Waals surface area (Å²) in [4.78, 5) is 26.8. The number of phenolic OH excluding ortho intramolecular Hbond substituents is 2. The third kappa shape index (κ3) is 2.36. The largest absolute Gasteiger partial charge is 0.504 e. The first-order chi connectivity index (χ1) is 15.1. The van der Waals surface area contributed by atoms with E-state index in [9.17, 15) is 19.8 Å². The van der Waals surface area contributed by atoms with Gasteiger partial charge in [-0.2, -0.15) is 10.1 Å². The Bertz CT molecular complexity index is 1180. The monoisotopic (exact) mass is 410 g/mol. The minimum Gasteiger partial charge on any atom is -0.504 e. The van der Waals surface area contributed by atoms with E-state index in [0.29, 0.717) is 5.56 Å². The highest BCUT2D eigenvalue weighted by Crippen LogP contribution is 2.60. The highest BCUT2D eigenvalue weighted by molar-refractivity contribution is 6.08. The molecular weight excluding hydrogens is 392 g/mol. The Kier molecular flexibility index (Phi) is 3.63. The zero-order valence-electron chi connectivity index (χ0n) is 16.3. The molecule has 2 bridgehead atoms. The van der Waals surface area contributed by atoms with E-state index in [1.165, 1.54) is 18.3 Å². The summed E-state index contributed by atoms with van der Waals surface area (Å²) in [5, 5.41) is 24.3. The molecule has 3 aromatic carbocycles. The highest BCUT2D eigenvalue weighted by atomic mass is 16.3. The highest BCUT2D eigenvalue weighted by Gasteiger charge is 2.61. The fourth-order valence-electron chi connectivity index (χ4n) is 5.52. The fourth-order valence-corrected chi connectivity index (χ4v) is 5.52. The Hall–Kier alpha value is -3.93. The molecule has 1 heterocycles. The Labute approximate surface area is 178 Å². The number of aromatic hydroxyl groups is 2. The molecule has 0 radical (unpaired) electrons. The molecule has 2 amide bonds. The maximum Gasteiger partial charge on any atom is 0.254 e. The Morgan fingerprint density at radius 2 is 1.19 bits per heavy atom. The lowest BCUT2D eigenvalue weighted by molar-refractivity contribution is -0.139. The molecule has 0 unspecified atom stereocenters. The lowest BCUT2D eigenvalue weighted by Gasteiger charge is -2.45. The summed E-state index contributed by atoms with van der Waals surface area (Å²) in [6.07, 6.45) is 1.36. The zero-order valence-corrected chi connectivity index (χ0v) is 16.3. The van der Waals surface area contributed by atoms with Crippen molar-refractivity contribution in [2.45, 2.75) is 11.8 Å². The minimum atomic E-state index is -0.479. The molecule has 6 heteroatoms. The molecule has 6 nitrogen and oxygen atoms in total. The normalized spacial score (nSPS) is 25.6. The third-order valence-electron chi connectivity index (χ3n) is 6.75. The van der Waals surface area contributed by atoms with Crippen LogP contribution in [0.1, 0.15) is 39.7 Å². The number of amides is 2. The summed E-state index contributed by atoms with van der Waals surface area (Å²) >= 11 is 0. The SMILES string of the molecule is O=C1[C@@H]2C3c4ccccc4C(c4ccccc43)[C@@H]2C(=O)N1/N=C/c1ccc(O)c(O)c1. The van der Waals surface area contributed by atoms with Crippen LogP contribution in [0.25, 0.3) is 0 Å². The lowest BCUT2D eigenvalue weighted by atomic mass is 9.55. The predicted octanol–water partition coefficient (Wildman–Crippen LogP) is 3.32. The summed E-state index contributed by atoms with van der Waals surface area (Å²) < 4.78 is 0. The van der Waals surface area contributed by atoms with Gasteiger partial charge in [-0.25, -0.2) is 0 Å². The number of nitrogens with zero attached hydrogens (tertiary/aromatic N) is 2. The zero-order chi connectivity index (χ0) is 21.3. The molecule has 0 spiro atoms. The van der Waals surface area contributed by atoms with E-state index < -0.39 is 11.8 Å². The van der Waals surface area contributed by atoms with Gasteiger partial charge in [0.05, 0.1) is 18.1 Å². The molecule has 0 saturated carbocycles. The molecule has 152 valence electrons. The van der Waals surface area contributed by atoms with Crippen LogP contribution in [0.4, 0.5) is 0 Å². The van der Waals surface area contributed by atoms with Crippen LogP contribution in [0.3, 0.4) is 0 Å². The van der Waals surface area contributed by atoms with E-state index in [4.69, 9.17) is 0 Å². The van der Waals surface area contributed by atoms with Crippen LogP contribution in [0.15, 0.2) is 71.8 Å². The molecule has 2 N–H and O–H groups in total. The van der Waals surface area contributed by atoms with Crippen molar-refractivity contribution in [1.82, 2.24) is 5.01 Å². The standard InChI is InChI=1S/C25H18N2O4/c28-18-10-9-13(11-19(18)29)12-26-27-24(30)22-20-14-5-1-2-6-15(14)21(23(22)25(27)31)17-8-4-3-7-16(17)20/h1-12,20-23,28-29H/b26-12+/t20?,21?,22-,23+. The predicted molar refractivity (Wildman–Crippen MR) is 113 cm³/mol. The number of imide groups is 1. The van der Waals surface area contributed by atoms with Gasteiger partial charge in [0, 0.05) is 11.8 Å². The van der Waals surface area contributed by atoms with Crippen molar-refractivity contribution in [3.63, 3.8) is 0 Å². The van der Waals surface area contributed by atoms with Crippen molar-refractivity contribution in [2.24, 2.45) is 16.9 Å². The van der Waals surface area contributed by atoms with Crippen molar-refractivity contribution in [2.75, 3.05) is 0 Å². The van der Waals surface area contributed by atoms with Gasteiger partial charge in [0.15, 0.2) is 11.5 Å². The van der Waals surface area contributed by atoms with E-state index in [2.05, 4.69) is 29.4 Å². The number of carbonyl (C=O) groups is 2. The van der Waals surface area contributed by atoms with Gasteiger partial charge in [-0.05, 0) is 46.0 Å². The van der Waals surface area contributed by atoms with Crippen LogP contribution in [0.5, 0.6) is 11.5 Å². The number of phenols is 2. The van der Waals surface area contributed by atoms with Crippen LogP contribution < -0.4 is 0 Å². The molecule has 3 aromatic rings. The summed E-state index contributed by atoms with van der Waals surface area (Å²) in [5.74, 6) is -2.43. The fraction of sp³-hybridized carbons (Fsp3) is 0.160. The number of hydrazone groups is 1. The second kappa shape index (κ2) is 6.28. The van der Waals surface area contributed by atoms with Gasteiger partial charge in [0.25, 0.3) is 11.8 Å². The first kappa shape index (κ1) is 17.9. The summed E-state index contributed by atoms with van der Waals surface area (Å²) in [5.41, 5.74) is 4.93. The van der Waals surface area contributed by atoms with Crippen molar-refractivity contribution >= 4 is 18.0 Å². The van der Waals surface area contributed by atoms with Gasteiger partial charge in [0.1, 0.15) is 0 Å². The number of hydrogen-bond acceptors (Lipinski definition) is 5. The molecule has 1 saturated heterocycles. The Balaban J connectivity index is 1.44. The molecule has 31 heavy (non-hydrogen) atoms. The minimum absolute atomic E-state index is 0.170. The summed E-state index contributed by atoms with van der Waals surface area (Å²) in [6.45, 7) is 0. The second-order valence-corrected chi connectivity index (χ2v) is 8.25. The average molecular weight is 410 g/mol. The molecule has 7 rings (SSSR count). The van der Waals surface area contributed by atoms with Gasteiger partial charge in [-0.1, -0.05) is 48.5 Å². The average Bonchev–Trinajstić information content (AvgIpc) is 3.05. The summed E-state index contributed by atoms with van der Waals surface area (Å²) in [6, 6.07) is 20.3. The Morgan fingerprint density at radius 3 is 1.65 bits per heavy atom. The van der Waals surface area contributed by atoms with Crippen LogP contribution in [-0.2, 0) is 9.59 Å². The number of rotatable bonds is 2. The maximum absolute atomic E-state index is 13.4. The molecular formula is C25H18N2O4. The van der Waals surface area contributed by atoms with E-state index in [-0.39, 0.29) is 35.1 Å². The van der Waals surface area contributed by atoms with Crippen molar-refractivity contribution in [3.8, 4) is 11.5 Å². The van der Waals surface area contributed by atoms with Crippen molar-refractivity contribution in [1.29, 1.82) is 0 Å². The van der Waals surface area contributed by atoms with Gasteiger partial charge in [0.2, 0.25) is 0 Å². The van der Waals surface area contributed by atoms with Gasteiger partial charge in [-0.15, -0.1) is 0 Å². The van der Waals surface area contributed by atoms with E-state index in [1.807, 2.05) is 24.3 Å². The van der Waals surface area contributed by atoms with Crippen LogP contribution >= 0.6 is 0 Å². The van der Waals surface area contributed by atoms with E-state index in [0.717, 1.165) is 27.3 Å². The number of hydrogen-bond donors (Lipinski definition) is 2. The van der Waals surface area contributed by atoms with Gasteiger partial charge in [-0.3, -0.25) is 9.59 Å². The van der Waals surface area contributed by atoms with E-state index >= 15 is 0 Å². The van der Waals surface area contributed by atoms with Crippen LogP contribution in [0, 0.1) is 11.8 Å². The molecule has 4 aliphatic rings. The Morgan fingerprint density at radius 1 is 0.710 bits per heavy atom. The maximum atomic E-state index is 13.4. The van der Waals surface area contributed by atoms with Crippen molar-refractivity contribution in [3.05, 3.63) is 94.5 Å². The smallest absolute Gasteiger partial charge is 0.254 e.